The lowest BCUT2D eigenvalue weighted by molar-refractivity contribution is -0.0585. The summed E-state index contributed by atoms with van der Waals surface area (Å²) in [4.78, 5) is 4.74. The van der Waals surface area contributed by atoms with E-state index in [9.17, 15) is 8.42 Å². The first-order valence-electron chi connectivity index (χ1n) is 8.57. The van der Waals surface area contributed by atoms with E-state index in [0.29, 0.717) is 23.4 Å². The summed E-state index contributed by atoms with van der Waals surface area (Å²) in [6.07, 6.45) is 5.76. The second-order valence-electron chi connectivity index (χ2n) is 6.66. The van der Waals surface area contributed by atoms with E-state index in [4.69, 9.17) is 4.74 Å². The van der Waals surface area contributed by atoms with Gasteiger partial charge in [-0.1, -0.05) is 18.9 Å². The highest BCUT2D eigenvalue weighted by Gasteiger charge is 2.41. The van der Waals surface area contributed by atoms with E-state index in [-0.39, 0.29) is 12.1 Å². The third-order valence-corrected chi connectivity index (χ3v) is 7.18. The minimum absolute atomic E-state index is 0.0366. The van der Waals surface area contributed by atoms with Gasteiger partial charge in [-0.05, 0) is 43.5 Å². The van der Waals surface area contributed by atoms with Crippen molar-refractivity contribution in [3.8, 4) is 0 Å². The zero-order chi connectivity index (χ0) is 16.7. The maximum absolute atomic E-state index is 13.4. The Bertz CT molecular complexity index is 864. The molecule has 0 spiro atoms. The molecule has 2 fully saturated rings. The molecule has 1 aromatic carbocycles. The lowest BCUT2D eigenvalue weighted by Gasteiger charge is -2.42. The number of ether oxygens (including phenoxy) is 1. The van der Waals surface area contributed by atoms with Crippen molar-refractivity contribution in [1.82, 2.24) is 9.29 Å². The van der Waals surface area contributed by atoms with Crippen LogP contribution in [0.1, 0.15) is 31.2 Å². The molecule has 0 radical (unpaired) electrons. The first-order valence-corrected chi connectivity index (χ1v) is 10.0. The van der Waals surface area contributed by atoms with E-state index < -0.39 is 10.0 Å². The van der Waals surface area contributed by atoms with Gasteiger partial charge in [0.15, 0.2) is 0 Å². The van der Waals surface area contributed by atoms with Crippen molar-refractivity contribution < 1.29 is 13.2 Å². The Labute approximate surface area is 142 Å². The van der Waals surface area contributed by atoms with Gasteiger partial charge in [-0.15, -0.1) is 0 Å². The van der Waals surface area contributed by atoms with Crippen molar-refractivity contribution in [1.29, 1.82) is 0 Å². The minimum atomic E-state index is -3.56. The van der Waals surface area contributed by atoms with Crippen molar-refractivity contribution in [2.45, 2.75) is 49.6 Å². The number of hydrogen-bond donors (Lipinski definition) is 0. The third-order valence-electron chi connectivity index (χ3n) is 5.20. The molecule has 0 bridgehead atoms. The highest BCUT2D eigenvalue weighted by Crippen LogP contribution is 2.34. The molecule has 0 amide bonds. The molecule has 5 nitrogen and oxygen atoms in total. The molecule has 2 aliphatic rings. The summed E-state index contributed by atoms with van der Waals surface area (Å²) in [6, 6.07) is 7.18. The van der Waals surface area contributed by atoms with Gasteiger partial charge < -0.3 is 4.74 Å². The summed E-state index contributed by atoms with van der Waals surface area (Å²) in [5.74, 6) is 0. The molecule has 1 saturated heterocycles. The van der Waals surface area contributed by atoms with E-state index in [2.05, 4.69) is 4.98 Å². The lowest BCUT2D eigenvalue weighted by atomic mass is 9.91. The number of nitrogens with zero attached hydrogens (tertiary/aromatic N) is 2. The maximum Gasteiger partial charge on any atom is 0.244 e. The summed E-state index contributed by atoms with van der Waals surface area (Å²) >= 11 is 0. The first kappa shape index (κ1) is 16.0. The van der Waals surface area contributed by atoms with Gasteiger partial charge in [0.1, 0.15) is 0 Å². The number of rotatable bonds is 2. The highest BCUT2D eigenvalue weighted by atomic mass is 32.2. The van der Waals surface area contributed by atoms with Gasteiger partial charge in [0.2, 0.25) is 10.0 Å². The van der Waals surface area contributed by atoms with Crippen LogP contribution < -0.4 is 0 Å². The number of aromatic nitrogens is 1. The predicted octanol–water partition coefficient (Wildman–Crippen LogP) is 2.88. The van der Waals surface area contributed by atoms with Crippen molar-refractivity contribution >= 4 is 20.9 Å². The van der Waals surface area contributed by atoms with Crippen LogP contribution in [0.3, 0.4) is 0 Å². The third kappa shape index (κ3) is 2.53. The van der Waals surface area contributed by atoms with E-state index in [1.807, 2.05) is 19.1 Å². The molecule has 2 heterocycles. The predicted molar refractivity (Wildman–Crippen MR) is 92.4 cm³/mol. The maximum atomic E-state index is 13.4. The Kier molecular flexibility index (Phi) is 4.06. The average molecular weight is 346 g/mol. The normalized spacial score (nSPS) is 25.5. The van der Waals surface area contributed by atoms with E-state index in [0.717, 1.165) is 36.8 Å². The number of pyridine rings is 1. The molecule has 2 atom stereocenters. The Hall–Kier alpha value is -1.50. The van der Waals surface area contributed by atoms with Crippen molar-refractivity contribution in [2.75, 3.05) is 13.2 Å². The van der Waals surface area contributed by atoms with E-state index in [1.54, 1.807) is 22.6 Å². The largest absolute Gasteiger partial charge is 0.375 e. The van der Waals surface area contributed by atoms with E-state index >= 15 is 0 Å². The molecule has 6 heteroatoms. The van der Waals surface area contributed by atoms with Crippen molar-refractivity contribution in [3.05, 3.63) is 36.0 Å². The zero-order valence-electron chi connectivity index (χ0n) is 13.8. The van der Waals surface area contributed by atoms with Crippen LogP contribution in [0, 0.1) is 6.92 Å². The van der Waals surface area contributed by atoms with Gasteiger partial charge in [0, 0.05) is 18.1 Å². The van der Waals surface area contributed by atoms with Gasteiger partial charge in [-0.2, -0.15) is 4.31 Å². The fourth-order valence-corrected chi connectivity index (χ4v) is 5.85. The molecule has 0 N–H and O–H groups in total. The molecular weight excluding hydrogens is 324 g/mol. The summed E-state index contributed by atoms with van der Waals surface area (Å²) in [7, 11) is -3.56. The molecule has 1 aromatic heterocycles. The zero-order valence-corrected chi connectivity index (χ0v) is 14.6. The number of aryl methyl sites for hydroxylation is 1. The molecule has 4 rings (SSSR count). The minimum Gasteiger partial charge on any atom is -0.375 e. The number of sulfonamides is 1. The van der Waals surface area contributed by atoms with Gasteiger partial charge in [-0.25, -0.2) is 8.42 Å². The molecule has 2 aromatic rings. The van der Waals surface area contributed by atoms with Crippen LogP contribution in [0.15, 0.2) is 35.4 Å². The standard InChI is InChI=1S/C18H22N2O3S/c1-13-8-9-17(14-5-4-10-19-18(13)14)24(21,22)20-11-12-23-16-7-3-2-6-15(16)20/h4-5,8-10,15-16H,2-3,6-7,11-12H2,1H3/t15-,16+/m0/s1. The lowest BCUT2D eigenvalue weighted by Crippen LogP contribution is -2.54. The number of hydrogen-bond acceptors (Lipinski definition) is 4. The van der Waals surface area contributed by atoms with Gasteiger partial charge in [0.25, 0.3) is 0 Å². The summed E-state index contributed by atoms with van der Waals surface area (Å²) in [6.45, 7) is 2.86. The van der Waals surface area contributed by atoms with Crippen molar-refractivity contribution in [2.24, 2.45) is 0 Å². The molecule has 0 unspecified atom stereocenters. The molecule has 1 saturated carbocycles. The second kappa shape index (κ2) is 6.10. The quantitative estimate of drug-likeness (QED) is 0.839. The van der Waals surface area contributed by atoms with Crippen molar-refractivity contribution in [3.63, 3.8) is 0 Å². The Morgan fingerprint density at radius 1 is 1.21 bits per heavy atom. The molecule has 128 valence electrons. The molecular formula is C18H22N2O3S. The number of fused-ring (bicyclic) bond motifs is 2. The first-order chi connectivity index (χ1) is 11.6. The Morgan fingerprint density at radius 2 is 2.04 bits per heavy atom. The van der Waals surface area contributed by atoms with E-state index in [1.165, 1.54) is 0 Å². The van der Waals surface area contributed by atoms with Gasteiger partial charge in [0.05, 0.1) is 29.2 Å². The van der Waals surface area contributed by atoms with Crippen LogP contribution in [0.25, 0.3) is 10.9 Å². The van der Waals surface area contributed by atoms with Crippen LogP contribution in [0.2, 0.25) is 0 Å². The van der Waals surface area contributed by atoms with Gasteiger partial charge in [-0.3, -0.25) is 4.98 Å². The van der Waals surface area contributed by atoms with Crippen LogP contribution in [-0.4, -0.2) is 43.0 Å². The Morgan fingerprint density at radius 3 is 2.92 bits per heavy atom. The number of morpholine rings is 1. The molecule has 1 aliphatic heterocycles. The van der Waals surface area contributed by atoms with Gasteiger partial charge >= 0.3 is 0 Å². The Balaban J connectivity index is 1.82. The van der Waals surface area contributed by atoms with Crippen LogP contribution >= 0.6 is 0 Å². The summed E-state index contributed by atoms with van der Waals surface area (Å²) < 4.78 is 34.3. The smallest absolute Gasteiger partial charge is 0.244 e. The van der Waals surface area contributed by atoms with Crippen LogP contribution in [0.5, 0.6) is 0 Å². The fraction of sp³-hybridized carbons (Fsp3) is 0.500. The summed E-state index contributed by atoms with van der Waals surface area (Å²) in [5, 5.41) is 0.705. The number of benzene rings is 1. The average Bonchev–Trinajstić information content (AvgIpc) is 2.61. The summed E-state index contributed by atoms with van der Waals surface area (Å²) in [5.41, 5.74) is 1.74. The fourth-order valence-electron chi connectivity index (χ4n) is 4.00. The molecule has 24 heavy (non-hydrogen) atoms. The SMILES string of the molecule is Cc1ccc(S(=O)(=O)N2CCO[C@@H]3CCCC[C@@H]32)c2cccnc12. The van der Waals surface area contributed by atoms with Crippen LogP contribution in [-0.2, 0) is 14.8 Å². The topological polar surface area (TPSA) is 59.5 Å². The molecule has 1 aliphatic carbocycles. The highest BCUT2D eigenvalue weighted by molar-refractivity contribution is 7.89. The second-order valence-corrected chi connectivity index (χ2v) is 8.52. The van der Waals surface area contributed by atoms with Crippen LogP contribution in [0.4, 0.5) is 0 Å². The monoisotopic (exact) mass is 346 g/mol.